The van der Waals surface area contributed by atoms with Crippen LogP contribution in [-0.4, -0.2) is 5.60 Å². The number of hydrogen-bond acceptors (Lipinski definition) is 4. The largest absolute Gasteiger partial charge is 0.550 e. The Kier molecular flexibility index (Phi) is 3.90. The van der Waals surface area contributed by atoms with Crippen LogP contribution >= 0.6 is 0 Å². The summed E-state index contributed by atoms with van der Waals surface area (Å²) in [5, 5.41) is 0. The molecule has 0 aromatic carbocycles. The van der Waals surface area contributed by atoms with Crippen molar-refractivity contribution in [2.45, 2.75) is 26.4 Å². The molecule has 0 aromatic heterocycles. The number of hydrogen-bond donors (Lipinski definition) is 0. The Morgan fingerprint density at radius 3 is 1.78 bits per heavy atom. The lowest BCUT2D eigenvalue weighted by Crippen LogP contribution is -3.99. The van der Waals surface area contributed by atoms with Gasteiger partial charge in [0.1, 0.15) is 8.82 Å². The van der Waals surface area contributed by atoms with Gasteiger partial charge in [0.15, 0.2) is 0 Å². The molecule has 0 saturated heterocycles. The van der Waals surface area contributed by atoms with Gasteiger partial charge in [0.2, 0.25) is 0 Å². The molecule has 0 unspecified atom stereocenters. The summed E-state index contributed by atoms with van der Waals surface area (Å²) >= 11 is -3.64. The summed E-state index contributed by atoms with van der Waals surface area (Å²) in [6.45, 7) is 5.10. The Labute approximate surface area is 62.7 Å². The molecule has 0 aliphatic rings. The van der Waals surface area contributed by atoms with Crippen molar-refractivity contribution in [3.05, 3.63) is 0 Å². The molecule has 0 radical (unpaired) electrons. The zero-order chi connectivity index (χ0) is 7.49. The Balaban J connectivity index is 3.28. The number of halogens is 1. The third kappa shape index (κ3) is 8.57. The van der Waals surface area contributed by atoms with Gasteiger partial charge < -0.3 is 6.87 Å². The second kappa shape index (κ2) is 3.67. The van der Waals surface area contributed by atoms with Crippen molar-refractivity contribution in [3.8, 4) is 0 Å². The fourth-order valence-electron chi connectivity index (χ4n) is 0.120. The van der Waals surface area contributed by atoms with Crippen LogP contribution in [0.3, 0.4) is 0 Å². The molecular weight excluding hydrogens is 239 g/mol. The van der Waals surface area contributed by atoms with Gasteiger partial charge in [-0.25, -0.2) is 0 Å². The van der Waals surface area contributed by atoms with Gasteiger partial charge in [-0.3, -0.25) is 0 Å². The van der Waals surface area contributed by atoms with E-state index < -0.39 is 26.7 Å². The van der Waals surface area contributed by atoms with E-state index >= 15 is 0 Å². The molecular formula is C4H9IO4. The van der Waals surface area contributed by atoms with E-state index in [1.807, 2.05) is 0 Å². The lowest BCUT2D eigenvalue weighted by Gasteiger charge is -2.10. The van der Waals surface area contributed by atoms with Crippen molar-refractivity contribution in [3.63, 3.8) is 0 Å². The van der Waals surface area contributed by atoms with E-state index in [4.69, 9.17) is 0 Å². The Morgan fingerprint density at radius 2 is 1.67 bits per heavy atom. The zero-order valence-corrected chi connectivity index (χ0v) is 7.67. The monoisotopic (exact) mass is 248 g/mol. The highest BCUT2D eigenvalue weighted by molar-refractivity contribution is 4.53. The molecule has 0 heterocycles. The first-order valence-corrected chi connectivity index (χ1v) is 4.98. The summed E-state index contributed by atoms with van der Waals surface area (Å²) in [4.78, 5) is 4.44. The van der Waals surface area contributed by atoms with Gasteiger partial charge in [-0.15, -0.1) is 0 Å². The van der Waals surface area contributed by atoms with Crippen LogP contribution in [0.4, 0.5) is 0 Å². The fraction of sp³-hybridized carbons (Fsp3) is 1.00. The molecule has 4 nitrogen and oxygen atoms in total. The minimum absolute atomic E-state index is 0.551. The molecule has 5 heteroatoms. The van der Waals surface area contributed by atoms with Gasteiger partial charge in [0, 0.05) is 0 Å². The molecule has 0 amide bonds. The standard InChI is InChI=1S/C4H9IO4/c1-4(2,3)8-9-5(6)7/h1-3H3. The van der Waals surface area contributed by atoms with Crippen LogP contribution in [0.15, 0.2) is 0 Å². The van der Waals surface area contributed by atoms with Crippen LogP contribution in [0, 0.1) is 0 Å². The molecule has 0 saturated carbocycles. The molecule has 0 bridgehead atoms. The van der Waals surface area contributed by atoms with Crippen LogP contribution in [0.1, 0.15) is 20.8 Å². The Morgan fingerprint density at radius 1 is 1.22 bits per heavy atom. The highest BCUT2D eigenvalue weighted by atomic mass is 127. The molecule has 56 valence electrons. The predicted molar refractivity (Wildman–Crippen MR) is 21.9 cm³/mol. The van der Waals surface area contributed by atoms with Crippen molar-refractivity contribution < 1.29 is 36.0 Å². The lowest BCUT2D eigenvalue weighted by molar-refractivity contribution is -1.64. The van der Waals surface area contributed by atoms with Gasteiger partial charge in [0.25, 0.3) is 0 Å². The summed E-state index contributed by atoms with van der Waals surface area (Å²) in [6, 6.07) is 0. The average Bonchev–Trinajstić information content (AvgIpc) is 1.59. The molecule has 0 aliphatic heterocycles. The molecule has 9 heavy (non-hydrogen) atoms. The molecule has 0 rings (SSSR count). The maximum atomic E-state index is 9.83. The third-order valence-corrected chi connectivity index (χ3v) is 0.806. The quantitative estimate of drug-likeness (QED) is 0.282. The maximum Gasteiger partial charge on any atom is 0.550 e. The van der Waals surface area contributed by atoms with E-state index in [1.165, 1.54) is 0 Å². The van der Waals surface area contributed by atoms with E-state index in [0.717, 1.165) is 0 Å². The Bertz CT molecular complexity index is 77.1. The predicted octanol–water partition coefficient (Wildman–Crippen LogP) is -4.18. The Hall–Kier alpha value is 0.570. The van der Waals surface area contributed by atoms with E-state index in [1.54, 1.807) is 20.8 Å². The maximum absolute atomic E-state index is 9.83. The second-order valence-electron chi connectivity index (χ2n) is 2.45. The lowest BCUT2D eigenvalue weighted by atomic mass is 10.2. The van der Waals surface area contributed by atoms with Crippen molar-refractivity contribution in [1.29, 1.82) is 0 Å². The van der Waals surface area contributed by atoms with Gasteiger partial charge >= 0.3 is 21.1 Å². The molecule has 0 atom stereocenters. The second-order valence-corrected chi connectivity index (χ2v) is 3.89. The first-order valence-electron chi connectivity index (χ1n) is 2.33. The van der Waals surface area contributed by atoms with Crippen LogP contribution in [-0.2, 0) is 8.10 Å². The van der Waals surface area contributed by atoms with Gasteiger partial charge in [-0.1, -0.05) is 0 Å². The summed E-state index contributed by atoms with van der Waals surface area (Å²) in [5.41, 5.74) is -0.551. The minimum atomic E-state index is -3.64. The van der Waals surface area contributed by atoms with E-state index in [9.17, 15) is 6.87 Å². The SMILES string of the molecule is CC(C)(C)OO[I+2]([O-])[O-]. The highest BCUT2D eigenvalue weighted by Gasteiger charge is 2.22. The van der Waals surface area contributed by atoms with Crippen LogP contribution in [0.25, 0.3) is 0 Å². The molecule has 0 fully saturated rings. The molecule has 0 spiro atoms. The summed E-state index contributed by atoms with van der Waals surface area (Å²) in [7, 11) is 0. The summed E-state index contributed by atoms with van der Waals surface area (Å²) in [5.74, 6) is 0. The number of rotatable bonds is 2. The molecule has 0 N–H and O–H groups in total. The van der Waals surface area contributed by atoms with Crippen molar-refractivity contribution in [1.82, 2.24) is 0 Å². The van der Waals surface area contributed by atoms with Crippen molar-refractivity contribution >= 4 is 0 Å². The zero-order valence-electron chi connectivity index (χ0n) is 5.51. The smallest absolute Gasteiger partial charge is 0.393 e. The van der Waals surface area contributed by atoms with E-state index in [0.29, 0.717) is 0 Å². The van der Waals surface area contributed by atoms with Crippen LogP contribution in [0.2, 0.25) is 0 Å². The topological polar surface area (TPSA) is 64.6 Å². The summed E-state index contributed by atoms with van der Waals surface area (Å²) in [6.07, 6.45) is 0. The van der Waals surface area contributed by atoms with E-state index in [2.05, 4.69) is 8.10 Å². The van der Waals surface area contributed by atoms with Crippen molar-refractivity contribution in [2.24, 2.45) is 0 Å². The van der Waals surface area contributed by atoms with Gasteiger partial charge in [-0.05, 0) is 20.8 Å². The average molecular weight is 248 g/mol. The highest BCUT2D eigenvalue weighted by Crippen LogP contribution is 2.03. The third-order valence-electron chi connectivity index (χ3n) is 0.333. The molecule has 0 aliphatic carbocycles. The normalized spacial score (nSPS) is 12.7. The first-order chi connectivity index (χ1) is 3.92. The van der Waals surface area contributed by atoms with Gasteiger partial charge in [-0.2, -0.15) is 4.89 Å². The summed E-state index contributed by atoms with van der Waals surface area (Å²) < 4.78 is 23.6. The van der Waals surface area contributed by atoms with Gasteiger partial charge in [0.05, 0.1) is 0 Å². The van der Waals surface area contributed by atoms with Crippen molar-refractivity contribution in [2.75, 3.05) is 0 Å². The van der Waals surface area contributed by atoms with Crippen LogP contribution in [0.5, 0.6) is 0 Å². The van der Waals surface area contributed by atoms with Crippen LogP contribution < -0.4 is 27.9 Å². The minimum Gasteiger partial charge on any atom is -0.393 e. The fourth-order valence-corrected chi connectivity index (χ4v) is 0.806. The first kappa shape index (κ1) is 9.57. The van der Waals surface area contributed by atoms with E-state index in [-0.39, 0.29) is 0 Å². The molecule has 0 aromatic rings.